The molecule has 0 unspecified atom stereocenters. The van der Waals surface area contributed by atoms with Gasteiger partial charge in [-0.3, -0.25) is 4.79 Å². The maximum absolute atomic E-state index is 11.9. The molecule has 2 heterocycles. The summed E-state index contributed by atoms with van der Waals surface area (Å²) in [6, 6.07) is 5.22. The van der Waals surface area contributed by atoms with Crippen molar-refractivity contribution in [3.63, 3.8) is 0 Å². The third-order valence-corrected chi connectivity index (χ3v) is 3.76. The van der Waals surface area contributed by atoms with Gasteiger partial charge in [-0.15, -0.1) is 0 Å². The molecule has 11 heteroatoms. The number of nitro groups is 1. The van der Waals surface area contributed by atoms with Crippen LogP contribution < -0.4 is 5.32 Å². The zero-order chi connectivity index (χ0) is 15.7. The van der Waals surface area contributed by atoms with Crippen LogP contribution >= 0.6 is 22.9 Å². The topological polar surface area (TPSA) is 116 Å². The summed E-state index contributed by atoms with van der Waals surface area (Å²) in [5.74, 6) is -0.965. The first-order valence-corrected chi connectivity index (χ1v) is 7.10. The van der Waals surface area contributed by atoms with Crippen LogP contribution in [0.2, 0.25) is 5.02 Å². The minimum atomic E-state index is -0.730. The van der Waals surface area contributed by atoms with Gasteiger partial charge in [0.25, 0.3) is 0 Å². The van der Waals surface area contributed by atoms with Crippen molar-refractivity contribution in [1.82, 2.24) is 19.7 Å². The highest BCUT2D eigenvalue weighted by atomic mass is 35.5. The van der Waals surface area contributed by atoms with Crippen LogP contribution in [0.15, 0.2) is 24.5 Å². The van der Waals surface area contributed by atoms with Gasteiger partial charge in [0, 0.05) is 10.1 Å². The highest BCUT2D eigenvalue weighted by Crippen LogP contribution is 2.28. The molecule has 9 nitrogen and oxygen atoms in total. The van der Waals surface area contributed by atoms with Crippen molar-refractivity contribution < 1.29 is 9.72 Å². The van der Waals surface area contributed by atoms with Crippen molar-refractivity contribution in [3.05, 3.63) is 39.7 Å². The van der Waals surface area contributed by atoms with E-state index in [2.05, 4.69) is 20.4 Å². The predicted molar refractivity (Wildman–Crippen MR) is 79.9 cm³/mol. The van der Waals surface area contributed by atoms with Gasteiger partial charge in [0.1, 0.15) is 6.54 Å². The van der Waals surface area contributed by atoms with E-state index in [1.165, 1.54) is 11.3 Å². The number of benzene rings is 1. The number of hydrogen-bond acceptors (Lipinski definition) is 7. The van der Waals surface area contributed by atoms with E-state index in [1.807, 2.05) is 0 Å². The fourth-order valence-electron chi connectivity index (χ4n) is 1.70. The summed E-state index contributed by atoms with van der Waals surface area (Å²) < 4.78 is 1.93. The summed E-state index contributed by atoms with van der Waals surface area (Å²) in [6.07, 6.45) is 1.12. The molecule has 3 rings (SSSR count). The van der Waals surface area contributed by atoms with Gasteiger partial charge in [0.2, 0.25) is 12.2 Å². The Labute approximate surface area is 131 Å². The summed E-state index contributed by atoms with van der Waals surface area (Å²) >= 11 is 7.17. The molecule has 3 aromatic rings. The number of rotatable bonds is 4. The van der Waals surface area contributed by atoms with Gasteiger partial charge in [-0.05, 0) is 23.1 Å². The zero-order valence-electron chi connectivity index (χ0n) is 10.8. The molecule has 1 N–H and O–H groups in total. The number of carbonyl (C=O) groups excluding carboxylic acids is 1. The number of fused-ring (bicyclic) bond motifs is 1. The van der Waals surface area contributed by atoms with Gasteiger partial charge in [-0.25, -0.2) is 4.98 Å². The van der Waals surface area contributed by atoms with E-state index in [-0.39, 0.29) is 6.54 Å². The molecular weight excluding hydrogens is 332 g/mol. The maximum atomic E-state index is 11.9. The standard InChI is InChI=1S/C11H7ClN6O3S/c12-6-1-2-7-8(3-6)22-11(14-7)15-9(19)4-17-5-13-10(16-17)18(20)21/h1-3,5H,4H2,(H,14,15,19). The van der Waals surface area contributed by atoms with Crippen LogP contribution in [0.4, 0.5) is 11.1 Å². The highest BCUT2D eigenvalue weighted by molar-refractivity contribution is 7.22. The van der Waals surface area contributed by atoms with E-state index in [9.17, 15) is 14.9 Å². The van der Waals surface area contributed by atoms with E-state index < -0.39 is 16.8 Å². The fraction of sp³-hybridized carbons (Fsp3) is 0.0909. The van der Waals surface area contributed by atoms with Gasteiger partial charge >= 0.3 is 5.95 Å². The lowest BCUT2D eigenvalue weighted by atomic mass is 10.3. The number of carbonyl (C=O) groups is 1. The zero-order valence-corrected chi connectivity index (χ0v) is 12.3. The smallest absolute Gasteiger partial charge is 0.390 e. The Morgan fingerprint density at radius 2 is 2.32 bits per heavy atom. The van der Waals surface area contributed by atoms with Gasteiger partial charge < -0.3 is 15.4 Å². The van der Waals surface area contributed by atoms with Crippen LogP contribution in [0.1, 0.15) is 0 Å². The van der Waals surface area contributed by atoms with E-state index in [1.54, 1.807) is 18.2 Å². The number of aromatic nitrogens is 4. The summed E-state index contributed by atoms with van der Waals surface area (Å²) in [5.41, 5.74) is 0.723. The molecule has 1 aromatic carbocycles. The molecule has 0 bridgehead atoms. The predicted octanol–water partition coefficient (Wildman–Crippen LogP) is 2.09. The molecule has 0 atom stereocenters. The van der Waals surface area contributed by atoms with Crippen LogP contribution in [-0.4, -0.2) is 30.6 Å². The molecule has 2 aromatic heterocycles. The van der Waals surface area contributed by atoms with Gasteiger partial charge in [0.05, 0.1) is 10.2 Å². The second kappa shape index (κ2) is 5.66. The molecule has 0 fully saturated rings. The Morgan fingerprint density at radius 3 is 3.05 bits per heavy atom. The molecule has 0 saturated carbocycles. The van der Waals surface area contributed by atoms with Gasteiger partial charge in [0.15, 0.2) is 5.13 Å². The Balaban J connectivity index is 1.70. The summed E-state index contributed by atoms with van der Waals surface area (Å²) in [6.45, 7) is -0.197. The lowest BCUT2D eigenvalue weighted by Gasteiger charge is -1.98. The lowest BCUT2D eigenvalue weighted by molar-refractivity contribution is -0.394. The normalized spacial score (nSPS) is 10.8. The number of anilines is 1. The van der Waals surface area contributed by atoms with Crippen LogP contribution in [0.25, 0.3) is 10.2 Å². The molecule has 0 aliphatic rings. The van der Waals surface area contributed by atoms with Crippen molar-refractivity contribution in [2.75, 3.05) is 5.32 Å². The molecule has 112 valence electrons. The van der Waals surface area contributed by atoms with Crippen molar-refractivity contribution in [2.24, 2.45) is 0 Å². The number of amides is 1. The minimum absolute atomic E-state index is 0.197. The average Bonchev–Trinajstić information content (AvgIpc) is 3.04. The van der Waals surface area contributed by atoms with Crippen molar-refractivity contribution in [3.8, 4) is 0 Å². The van der Waals surface area contributed by atoms with Crippen LogP contribution in [0.3, 0.4) is 0 Å². The minimum Gasteiger partial charge on any atom is -0.390 e. The molecule has 0 aliphatic heterocycles. The summed E-state index contributed by atoms with van der Waals surface area (Å²) in [4.78, 5) is 29.3. The Bertz CT molecular complexity index is 876. The Kier molecular flexibility index (Phi) is 3.69. The molecule has 1 amide bonds. The second-order valence-corrected chi connectivity index (χ2v) is 5.65. The van der Waals surface area contributed by atoms with Gasteiger partial charge in [-0.1, -0.05) is 27.9 Å². The average molecular weight is 339 g/mol. The number of hydrogen-bond donors (Lipinski definition) is 1. The monoisotopic (exact) mass is 338 g/mol. The molecule has 0 aliphatic carbocycles. The van der Waals surface area contributed by atoms with E-state index in [0.29, 0.717) is 10.2 Å². The van der Waals surface area contributed by atoms with Crippen LogP contribution in [-0.2, 0) is 11.3 Å². The molecule has 0 saturated heterocycles. The quantitative estimate of drug-likeness (QED) is 0.575. The lowest BCUT2D eigenvalue weighted by Crippen LogP contribution is -2.19. The van der Waals surface area contributed by atoms with Crippen molar-refractivity contribution in [2.45, 2.75) is 6.54 Å². The van der Waals surface area contributed by atoms with E-state index in [0.717, 1.165) is 21.2 Å². The molecule has 0 spiro atoms. The largest absolute Gasteiger partial charge is 0.490 e. The molecule has 22 heavy (non-hydrogen) atoms. The molecule has 0 radical (unpaired) electrons. The number of thiazole rings is 1. The first-order chi connectivity index (χ1) is 10.5. The van der Waals surface area contributed by atoms with E-state index >= 15 is 0 Å². The third kappa shape index (κ3) is 3.02. The number of nitrogens with one attached hydrogen (secondary N) is 1. The molecular formula is C11H7ClN6O3S. The Morgan fingerprint density at radius 1 is 1.50 bits per heavy atom. The van der Waals surface area contributed by atoms with Gasteiger partial charge in [-0.2, -0.15) is 4.68 Å². The SMILES string of the molecule is O=C(Cn1cnc([N+](=O)[O-])n1)Nc1nc2ccc(Cl)cc2s1. The van der Waals surface area contributed by atoms with Crippen molar-refractivity contribution in [1.29, 1.82) is 0 Å². The second-order valence-electron chi connectivity index (χ2n) is 4.18. The van der Waals surface area contributed by atoms with E-state index in [4.69, 9.17) is 11.6 Å². The number of halogens is 1. The fourth-order valence-corrected chi connectivity index (χ4v) is 2.86. The highest BCUT2D eigenvalue weighted by Gasteiger charge is 2.16. The summed E-state index contributed by atoms with van der Waals surface area (Å²) in [7, 11) is 0. The third-order valence-electron chi connectivity index (χ3n) is 2.59. The summed E-state index contributed by atoms with van der Waals surface area (Å²) in [5, 5.41) is 17.6. The van der Waals surface area contributed by atoms with Crippen LogP contribution in [0.5, 0.6) is 0 Å². The first kappa shape index (κ1) is 14.4. The Hall–Kier alpha value is -2.59. The maximum Gasteiger partial charge on any atom is 0.490 e. The van der Waals surface area contributed by atoms with Crippen molar-refractivity contribution >= 4 is 50.1 Å². The van der Waals surface area contributed by atoms with Crippen LogP contribution in [0, 0.1) is 10.1 Å². The number of nitrogens with zero attached hydrogens (tertiary/aromatic N) is 5. The first-order valence-electron chi connectivity index (χ1n) is 5.91.